The summed E-state index contributed by atoms with van der Waals surface area (Å²) >= 11 is 11.4. The predicted molar refractivity (Wildman–Crippen MR) is 62.4 cm³/mol. The van der Waals surface area contributed by atoms with E-state index in [-0.39, 0.29) is 10.8 Å². The van der Waals surface area contributed by atoms with Crippen molar-refractivity contribution in [3.8, 4) is 11.1 Å². The molecule has 0 amide bonds. The number of aromatic nitrogens is 2. The van der Waals surface area contributed by atoms with Gasteiger partial charge >= 0.3 is 0 Å². The summed E-state index contributed by atoms with van der Waals surface area (Å²) in [7, 11) is 0. The quantitative estimate of drug-likeness (QED) is 0.760. The fourth-order valence-electron chi connectivity index (χ4n) is 1.43. The Kier molecular flexibility index (Phi) is 3.54. The van der Waals surface area contributed by atoms with Gasteiger partial charge in [-0.25, -0.2) is 18.7 Å². The summed E-state index contributed by atoms with van der Waals surface area (Å²) < 4.78 is 25.7. The van der Waals surface area contributed by atoms with Gasteiger partial charge < -0.3 is 0 Å². The van der Waals surface area contributed by atoms with Crippen molar-refractivity contribution in [3.63, 3.8) is 0 Å². The normalized spacial score (nSPS) is 10.9. The Bertz CT molecular complexity index is 547. The molecule has 0 aliphatic rings. The van der Waals surface area contributed by atoms with Crippen LogP contribution in [0.1, 0.15) is 12.1 Å². The van der Waals surface area contributed by atoms with E-state index in [1.165, 1.54) is 6.20 Å². The highest BCUT2D eigenvalue weighted by Gasteiger charge is 2.18. The number of nitrogens with zero attached hydrogens (tertiary/aromatic N) is 2. The number of hydrogen-bond donors (Lipinski definition) is 0. The maximum Gasteiger partial charge on any atom is 0.281 e. The third-order valence-electron chi connectivity index (χ3n) is 2.16. The van der Waals surface area contributed by atoms with Crippen LogP contribution < -0.4 is 0 Å². The van der Waals surface area contributed by atoms with Crippen molar-refractivity contribution in [1.29, 1.82) is 0 Å². The lowest BCUT2D eigenvalue weighted by molar-refractivity contribution is 0.146. The van der Waals surface area contributed by atoms with E-state index in [2.05, 4.69) is 9.97 Å². The zero-order chi connectivity index (χ0) is 12.4. The smallest absolute Gasteiger partial charge is 0.226 e. The molecule has 0 atom stereocenters. The summed E-state index contributed by atoms with van der Waals surface area (Å²) in [5, 5.41) is 0.149. The summed E-state index contributed by atoms with van der Waals surface area (Å²) in [4.78, 5) is 7.24. The summed E-state index contributed by atoms with van der Waals surface area (Å²) in [6.45, 7) is 0. The Hall–Kier alpha value is -1.26. The first kappa shape index (κ1) is 12.2. The Labute approximate surface area is 106 Å². The van der Waals surface area contributed by atoms with Crippen LogP contribution in [0.25, 0.3) is 11.1 Å². The van der Waals surface area contributed by atoms with Crippen LogP contribution in [0.15, 0.2) is 30.5 Å². The molecule has 2 nitrogen and oxygen atoms in total. The predicted octanol–water partition coefficient (Wildman–Crippen LogP) is 4.39. The first-order chi connectivity index (χ1) is 8.09. The van der Waals surface area contributed by atoms with Crippen LogP contribution in [0.5, 0.6) is 0 Å². The fraction of sp³-hybridized carbons (Fsp3) is 0.0909. The lowest BCUT2D eigenvalue weighted by Crippen LogP contribution is -1.97. The molecular formula is C11H6Cl2F2N2. The van der Waals surface area contributed by atoms with E-state index >= 15 is 0 Å². The molecule has 6 heteroatoms. The highest BCUT2D eigenvalue weighted by atomic mass is 35.5. The van der Waals surface area contributed by atoms with Gasteiger partial charge in [0.25, 0.3) is 6.43 Å². The van der Waals surface area contributed by atoms with Crippen LogP contribution in [0.4, 0.5) is 8.78 Å². The van der Waals surface area contributed by atoms with E-state index in [1.54, 1.807) is 24.3 Å². The molecule has 0 fully saturated rings. The maximum absolute atomic E-state index is 12.8. The molecule has 0 bridgehead atoms. The van der Waals surface area contributed by atoms with Gasteiger partial charge in [-0.1, -0.05) is 29.8 Å². The zero-order valence-corrected chi connectivity index (χ0v) is 9.88. The Morgan fingerprint density at radius 3 is 2.41 bits per heavy atom. The standard InChI is InChI=1S/C11H6Cl2F2N2/c12-8-4-2-1-3-6(8)7-5-16-11(13)17-9(7)10(14)15/h1-5,10H. The Morgan fingerprint density at radius 1 is 1.06 bits per heavy atom. The van der Waals surface area contributed by atoms with E-state index < -0.39 is 12.1 Å². The minimum atomic E-state index is -2.73. The molecule has 0 radical (unpaired) electrons. The van der Waals surface area contributed by atoms with Gasteiger partial charge in [-0.3, -0.25) is 0 Å². The molecule has 0 unspecified atom stereocenters. The van der Waals surface area contributed by atoms with Gasteiger partial charge in [0.2, 0.25) is 5.28 Å². The van der Waals surface area contributed by atoms with Gasteiger partial charge in [-0.15, -0.1) is 0 Å². The molecule has 88 valence electrons. The SMILES string of the molecule is FC(F)c1nc(Cl)ncc1-c1ccccc1Cl. The lowest BCUT2D eigenvalue weighted by Gasteiger charge is -2.09. The highest BCUT2D eigenvalue weighted by Crippen LogP contribution is 2.33. The lowest BCUT2D eigenvalue weighted by atomic mass is 10.1. The van der Waals surface area contributed by atoms with Crippen LogP contribution in [0.2, 0.25) is 10.3 Å². The van der Waals surface area contributed by atoms with Gasteiger partial charge in [-0.05, 0) is 17.7 Å². The molecule has 2 aromatic rings. The van der Waals surface area contributed by atoms with Crippen molar-refractivity contribution >= 4 is 23.2 Å². The molecule has 0 aliphatic carbocycles. The second kappa shape index (κ2) is 4.94. The minimum absolute atomic E-state index is 0.190. The third kappa shape index (κ3) is 2.53. The first-order valence-corrected chi connectivity index (χ1v) is 5.40. The van der Waals surface area contributed by atoms with Crippen molar-refractivity contribution in [2.75, 3.05) is 0 Å². The minimum Gasteiger partial charge on any atom is -0.226 e. The molecule has 0 aliphatic heterocycles. The number of halogens is 4. The van der Waals surface area contributed by atoms with Gasteiger partial charge in [0.15, 0.2) is 0 Å². The van der Waals surface area contributed by atoms with Crippen molar-refractivity contribution in [1.82, 2.24) is 9.97 Å². The molecule has 1 aromatic carbocycles. The first-order valence-electron chi connectivity index (χ1n) is 4.65. The van der Waals surface area contributed by atoms with E-state index in [4.69, 9.17) is 23.2 Å². The average molecular weight is 275 g/mol. The summed E-state index contributed by atoms with van der Waals surface area (Å²) in [5.41, 5.74) is 0.231. The number of benzene rings is 1. The van der Waals surface area contributed by atoms with Crippen LogP contribution in [-0.2, 0) is 0 Å². The van der Waals surface area contributed by atoms with Crippen LogP contribution in [-0.4, -0.2) is 9.97 Å². The monoisotopic (exact) mass is 274 g/mol. The van der Waals surface area contributed by atoms with Crippen molar-refractivity contribution < 1.29 is 8.78 Å². The maximum atomic E-state index is 12.8. The second-order valence-corrected chi connectivity index (χ2v) is 3.96. The van der Waals surface area contributed by atoms with Crippen molar-refractivity contribution in [2.24, 2.45) is 0 Å². The molecule has 0 N–H and O–H groups in total. The van der Waals surface area contributed by atoms with Gasteiger partial charge in [0.1, 0.15) is 5.69 Å². The molecule has 1 heterocycles. The molecule has 0 spiro atoms. The summed E-state index contributed by atoms with van der Waals surface area (Å²) in [6, 6.07) is 6.65. The average Bonchev–Trinajstić information content (AvgIpc) is 2.30. The van der Waals surface area contributed by atoms with E-state index in [0.29, 0.717) is 10.6 Å². The third-order valence-corrected chi connectivity index (χ3v) is 2.67. The molecule has 0 saturated heterocycles. The summed E-state index contributed by atoms with van der Waals surface area (Å²) in [5.74, 6) is 0. The second-order valence-electron chi connectivity index (χ2n) is 3.22. The van der Waals surface area contributed by atoms with Crippen LogP contribution in [0, 0.1) is 0 Å². The molecule has 17 heavy (non-hydrogen) atoms. The largest absolute Gasteiger partial charge is 0.281 e. The summed E-state index contributed by atoms with van der Waals surface area (Å²) in [6.07, 6.45) is -1.49. The van der Waals surface area contributed by atoms with E-state index in [1.807, 2.05) is 0 Å². The Morgan fingerprint density at radius 2 is 1.76 bits per heavy atom. The highest BCUT2D eigenvalue weighted by molar-refractivity contribution is 6.33. The molecule has 1 aromatic heterocycles. The molecule has 0 saturated carbocycles. The topological polar surface area (TPSA) is 25.8 Å². The van der Waals surface area contributed by atoms with E-state index in [0.717, 1.165) is 0 Å². The van der Waals surface area contributed by atoms with Crippen molar-refractivity contribution in [2.45, 2.75) is 6.43 Å². The molecule has 2 rings (SSSR count). The van der Waals surface area contributed by atoms with E-state index in [9.17, 15) is 8.78 Å². The number of alkyl halides is 2. The number of hydrogen-bond acceptors (Lipinski definition) is 2. The Balaban J connectivity index is 2.63. The molecular weight excluding hydrogens is 269 g/mol. The van der Waals surface area contributed by atoms with Gasteiger partial charge in [0.05, 0.1) is 0 Å². The van der Waals surface area contributed by atoms with Crippen molar-refractivity contribution in [3.05, 3.63) is 46.5 Å². The fourth-order valence-corrected chi connectivity index (χ4v) is 1.80. The zero-order valence-electron chi connectivity index (χ0n) is 8.37. The van der Waals surface area contributed by atoms with Gasteiger partial charge in [-0.2, -0.15) is 0 Å². The van der Waals surface area contributed by atoms with Gasteiger partial charge in [0, 0.05) is 22.3 Å². The van der Waals surface area contributed by atoms with Crippen LogP contribution >= 0.6 is 23.2 Å². The van der Waals surface area contributed by atoms with Crippen LogP contribution in [0.3, 0.4) is 0 Å². The number of rotatable bonds is 2.